The Bertz CT molecular complexity index is 599. The number of hydrogen-bond acceptors (Lipinski definition) is 1. The number of nitrogens with two attached hydrogens (primary N) is 1. The first-order valence-electron chi connectivity index (χ1n) is 5.17. The van der Waals surface area contributed by atoms with E-state index >= 15 is 0 Å². The van der Waals surface area contributed by atoms with Crippen molar-refractivity contribution < 1.29 is 13.2 Å². The molecule has 2 N–H and O–H groups in total. The highest BCUT2D eigenvalue weighted by atomic mass is 35.5. The molecule has 18 heavy (non-hydrogen) atoms. The van der Waals surface area contributed by atoms with Crippen LogP contribution in [0.5, 0.6) is 0 Å². The van der Waals surface area contributed by atoms with Gasteiger partial charge in [-0.3, -0.25) is 0 Å². The Hall–Kier alpha value is -1.52. The Morgan fingerprint density at radius 3 is 2.33 bits per heavy atom. The predicted molar refractivity (Wildman–Crippen MR) is 64.7 cm³/mol. The second-order valence-corrected chi connectivity index (χ2v) is 4.16. The Morgan fingerprint density at radius 1 is 0.944 bits per heavy atom. The number of hydrogen-bond donors (Lipinski definition) is 1. The van der Waals surface area contributed by atoms with Crippen LogP contribution in [0.4, 0.5) is 13.2 Å². The van der Waals surface area contributed by atoms with Gasteiger partial charge in [0.25, 0.3) is 0 Å². The van der Waals surface area contributed by atoms with Crippen LogP contribution in [0, 0.1) is 17.5 Å². The molecule has 0 aliphatic rings. The van der Waals surface area contributed by atoms with Crippen molar-refractivity contribution in [3.63, 3.8) is 0 Å². The van der Waals surface area contributed by atoms with Crippen molar-refractivity contribution in [2.24, 2.45) is 5.73 Å². The third kappa shape index (κ3) is 2.21. The molecule has 94 valence electrons. The van der Waals surface area contributed by atoms with E-state index in [1.807, 2.05) is 0 Å². The average Bonchev–Trinajstić information content (AvgIpc) is 2.36. The van der Waals surface area contributed by atoms with Gasteiger partial charge >= 0.3 is 0 Å². The van der Waals surface area contributed by atoms with Gasteiger partial charge in [-0.2, -0.15) is 0 Å². The van der Waals surface area contributed by atoms with Crippen LogP contribution in [-0.4, -0.2) is 0 Å². The number of halogens is 4. The van der Waals surface area contributed by atoms with Crippen LogP contribution < -0.4 is 5.73 Å². The Labute approximate surface area is 107 Å². The summed E-state index contributed by atoms with van der Waals surface area (Å²) in [4.78, 5) is 0. The first-order valence-corrected chi connectivity index (χ1v) is 5.54. The topological polar surface area (TPSA) is 26.0 Å². The Kier molecular flexibility index (Phi) is 3.59. The van der Waals surface area contributed by atoms with E-state index < -0.39 is 17.5 Å². The summed E-state index contributed by atoms with van der Waals surface area (Å²) >= 11 is 5.82. The highest BCUT2D eigenvalue weighted by Gasteiger charge is 2.16. The third-order valence-electron chi connectivity index (χ3n) is 2.62. The Morgan fingerprint density at radius 2 is 1.67 bits per heavy atom. The third-order valence-corrected chi connectivity index (χ3v) is 2.85. The van der Waals surface area contributed by atoms with Gasteiger partial charge in [-0.05, 0) is 35.4 Å². The molecule has 1 nitrogen and oxygen atoms in total. The molecule has 0 aromatic heterocycles. The van der Waals surface area contributed by atoms with Crippen molar-refractivity contribution in [2.45, 2.75) is 6.54 Å². The van der Waals surface area contributed by atoms with E-state index in [2.05, 4.69) is 0 Å². The zero-order valence-electron chi connectivity index (χ0n) is 9.18. The first kappa shape index (κ1) is 12.9. The summed E-state index contributed by atoms with van der Waals surface area (Å²) in [5.41, 5.74) is 6.43. The summed E-state index contributed by atoms with van der Waals surface area (Å²) in [7, 11) is 0. The first-order chi connectivity index (χ1) is 8.54. The number of benzene rings is 2. The molecule has 0 spiro atoms. The molecule has 2 aromatic rings. The van der Waals surface area contributed by atoms with Gasteiger partial charge in [0, 0.05) is 17.1 Å². The standard InChI is InChI=1S/C13H9ClF3N/c14-8-2-1-7(6-18)10(5-8)9-3-4-11(15)13(17)12(9)16/h1-5H,6,18H2. The molecular weight excluding hydrogens is 263 g/mol. The fourth-order valence-corrected chi connectivity index (χ4v) is 1.88. The van der Waals surface area contributed by atoms with Gasteiger partial charge in [-0.1, -0.05) is 17.7 Å². The summed E-state index contributed by atoms with van der Waals surface area (Å²) in [5, 5.41) is 0.367. The van der Waals surface area contributed by atoms with Crippen molar-refractivity contribution in [3.05, 3.63) is 58.4 Å². The van der Waals surface area contributed by atoms with Crippen LogP contribution in [-0.2, 0) is 6.54 Å². The van der Waals surface area contributed by atoms with Crippen LogP contribution in [0.2, 0.25) is 5.02 Å². The van der Waals surface area contributed by atoms with Gasteiger partial charge in [0.15, 0.2) is 17.5 Å². The molecule has 0 aliphatic carbocycles. The monoisotopic (exact) mass is 271 g/mol. The van der Waals surface area contributed by atoms with Crippen LogP contribution in [0.15, 0.2) is 30.3 Å². The van der Waals surface area contributed by atoms with Crippen LogP contribution >= 0.6 is 11.6 Å². The molecule has 0 saturated carbocycles. The van der Waals surface area contributed by atoms with E-state index in [0.717, 1.165) is 6.07 Å². The van der Waals surface area contributed by atoms with Crippen molar-refractivity contribution in [1.29, 1.82) is 0 Å². The molecule has 2 rings (SSSR count). The lowest BCUT2D eigenvalue weighted by atomic mass is 9.99. The average molecular weight is 272 g/mol. The fourth-order valence-electron chi connectivity index (χ4n) is 1.71. The molecular formula is C13H9ClF3N. The maximum atomic E-state index is 13.7. The van der Waals surface area contributed by atoms with Gasteiger partial charge in [-0.15, -0.1) is 0 Å². The second kappa shape index (κ2) is 5.00. The maximum Gasteiger partial charge on any atom is 0.195 e. The fraction of sp³-hybridized carbons (Fsp3) is 0.0769. The smallest absolute Gasteiger partial charge is 0.195 e. The molecule has 0 heterocycles. The normalized spacial score (nSPS) is 10.7. The van der Waals surface area contributed by atoms with Crippen LogP contribution in [0.3, 0.4) is 0 Å². The molecule has 0 amide bonds. The summed E-state index contributed by atoms with van der Waals surface area (Å²) in [5.74, 6) is -3.98. The van der Waals surface area contributed by atoms with Gasteiger partial charge < -0.3 is 5.73 Å². The zero-order valence-corrected chi connectivity index (χ0v) is 9.94. The van der Waals surface area contributed by atoms with Gasteiger partial charge in [0.05, 0.1) is 0 Å². The largest absolute Gasteiger partial charge is 0.326 e. The highest BCUT2D eigenvalue weighted by Crippen LogP contribution is 2.30. The number of rotatable bonds is 2. The van der Waals surface area contributed by atoms with Crippen molar-refractivity contribution in [2.75, 3.05) is 0 Å². The van der Waals surface area contributed by atoms with E-state index in [1.54, 1.807) is 12.1 Å². The quantitative estimate of drug-likeness (QED) is 0.824. The van der Waals surface area contributed by atoms with Gasteiger partial charge in [0.2, 0.25) is 0 Å². The molecule has 0 radical (unpaired) electrons. The van der Waals surface area contributed by atoms with Gasteiger partial charge in [-0.25, -0.2) is 13.2 Å². The summed E-state index contributed by atoms with van der Waals surface area (Å²) in [6.07, 6.45) is 0. The molecule has 0 aliphatic heterocycles. The van der Waals surface area contributed by atoms with Crippen molar-refractivity contribution >= 4 is 11.6 Å². The molecule has 0 bridgehead atoms. The van der Waals surface area contributed by atoms with Crippen LogP contribution in [0.25, 0.3) is 11.1 Å². The maximum absolute atomic E-state index is 13.7. The predicted octanol–water partition coefficient (Wildman–Crippen LogP) is 3.88. The lowest BCUT2D eigenvalue weighted by Crippen LogP contribution is -2.01. The van der Waals surface area contributed by atoms with E-state index in [1.165, 1.54) is 12.1 Å². The van der Waals surface area contributed by atoms with E-state index in [-0.39, 0.29) is 12.1 Å². The highest BCUT2D eigenvalue weighted by molar-refractivity contribution is 6.30. The van der Waals surface area contributed by atoms with E-state index in [4.69, 9.17) is 17.3 Å². The molecule has 0 atom stereocenters. The molecule has 0 unspecified atom stereocenters. The van der Waals surface area contributed by atoms with Crippen LogP contribution in [0.1, 0.15) is 5.56 Å². The minimum atomic E-state index is -1.50. The molecule has 5 heteroatoms. The lowest BCUT2D eigenvalue weighted by molar-refractivity contribution is 0.449. The summed E-state index contributed by atoms with van der Waals surface area (Å²) < 4.78 is 39.8. The van der Waals surface area contributed by atoms with E-state index in [0.29, 0.717) is 16.1 Å². The van der Waals surface area contributed by atoms with Crippen molar-refractivity contribution in [1.82, 2.24) is 0 Å². The van der Waals surface area contributed by atoms with E-state index in [9.17, 15) is 13.2 Å². The minimum Gasteiger partial charge on any atom is -0.326 e. The van der Waals surface area contributed by atoms with Gasteiger partial charge in [0.1, 0.15) is 0 Å². The lowest BCUT2D eigenvalue weighted by Gasteiger charge is -2.10. The summed E-state index contributed by atoms with van der Waals surface area (Å²) in [6, 6.07) is 6.73. The second-order valence-electron chi connectivity index (χ2n) is 3.73. The Balaban J connectivity index is 2.69. The molecule has 0 saturated heterocycles. The zero-order chi connectivity index (χ0) is 13.3. The molecule has 2 aromatic carbocycles. The summed E-state index contributed by atoms with van der Waals surface area (Å²) in [6.45, 7) is 0.144. The molecule has 0 fully saturated rings. The SMILES string of the molecule is NCc1ccc(Cl)cc1-c1ccc(F)c(F)c1F. The minimum absolute atomic E-state index is 0.0585. The van der Waals surface area contributed by atoms with Crippen molar-refractivity contribution in [3.8, 4) is 11.1 Å².